The van der Waals surface area contributed by atoms with Crippen LogP contribution in [0.2, 0.25) is 0 Å². The Balaban J connectivity index is 0.00000274. The molecule has 0 radical (unpaired) electrons. The van der Waals surface area contributed by atoms with Crippen molar-refractivity contribution >= 4 is 17.0 Å². The van der Waals surface area contributed by atoms with Crippen LogP contribution < -0.4 is 5.32 Å². The Morgan fingerprint density at radius 2 is 1.56 bits per heavy atom. The Hall–Kier alpha value is -3.29. The highest BCUT2D eigenvalue weighted by Gasteiger charge is 2.21. The van der Waals surface area contributed by atoms with Crippen molar-refractivity contribution in [2.24, 2.45) is 0 Å². The van der Waals surface area contributed by atoms with Crippen molar-refractivity contribution in [2.45, 2.75) is 31.8 Å². The molecule has 0 unspecified atom stereocenters. The lowest BCUT2D eigenvalue weighted by Gasteiger charge is -2.32. The van der Waals surface area contributed by atoms with Crippen molar-refractivity contribution in [3.63, 3.8) is 0 Å². The number of piperidine rings is 1. The monoisotopic (exact) mass is 464 g/mol. The van der Waals surface area contributed by atoms with E-state index in [9.17, 15) is 8.78 Å². The lowest BCUT2D eigenvalue weighted by Crippen LogP contribution is -2.40. The van der Waals surface area contributed by atoms with Crippen LogP contribution in [-0.4, -0.2) is 45.6 Å². The minimum atomic E-state index is -0.299. The lowest BCUT2D eigenvalue weighted by atomic mass is 10.0. The highest BCUT2D eigenvalue weighted by atomic mass is 19.1. The van der Waals surface area contributed by atoms with Gasteiger partial charge in [0, 0.05) is 31.7 Å². The van der Waals surface area contributed by atoms with Gasteiger partial charge in [-0.3, -0.25) is 0 Å². The molecule has 1 saturated heterocycles. The van der Waals surface area contributed by atoms with Crippen LogP contribution in [0.4, 0.5) is 14.7 Å². The molecule has 0 bridgehead atoms. The second-order valence-corrected chi connectivity index (χ2v) is 8.78. The third-order valence-electron chi connectivity index (χ3n) is 6.44. The molecule has 178 valence electrons. The summed E-state index contributed by atoms with van der Waals surface area (Å²) in [6.45, 7) is 3.69. The Kier molecular flexibility index (Phi) is 7.55. The van der Waals surface area contributed by atoms with Gasteiger partial charge in [-0.15, -0.1) is 0 Å². The van der Waals surface area contributed by atoms with E-state index in [1.54, 1.807) is 18.2 Å². The van der Waals surface area contributed by atoms with E-state index in [4.69, 9.17) is 4.98 Å². The molecule has 1 aliphatic rings. The summed E-state index contributed by atoms with van der Waals surface area (Å²) in [4.78, 5) is 7.22. The number of hydrogen-bond donors (Lipinski definition) is 1. The van der Waals surface area contributed by atoms with Crippen LogP contribution in [-0.2, 0) is 13.0 Å². The SMILES string of the molecule is Fc1ccc(Cn2c(NC3CCN(CCc4ccccc4)CC3)nc3cc(F)ccc32)cc1.O. The maximum Gasteiger partial charge on any atom is 0.204 e. The number of fused-ring (bicyclic) bond motifs is 1. The minimum Gasteiger partial charge on any atom is -0.412 e. The van der Waals surface area contributed by atoms with Crippen molar-refractivity contribution in [1.82, 2.24) is 14.5 Å². The molecule has 0 atom stereocenters. The van der Waals surface area contributed by atoms with Gasteiger partial charge in [-0.25, -0.2) is 13.8 Å². The van der Waals surface area contributed by atoms with E-state index in [2.05, 4.69) is 45.1 Å². The average Bonchev–Trinajstić information content (AvgIpc) is 3.16. The molecule has 1 fully saturated rings. The molecule has 34 heavy (non-hydrogen) atoms. The average molecular weight is 465 g/mol. The zero-order valence-electron chi connectivity index (χ0n) is 19.1. The van der Waals surface area contributed by atoms with E-state index in [1.807, 2.05) is 0 Å². The summed E-state index contributed by atoms with van der Waals surface area (Å²) < 4.78 is 29.2. The third-order valence-corrected chi connectivity index (χ3v) is 6.44. The first kappa shape index (κ1) is 23.9. The third kappa shape index (κ3) is 5.61. The van der Waals surface area contributed by atoms with Crippen LogP contribution in [0.1, 0.15) is 24.0 Å². The van der Waals surface area contributed by atoms with E-state index in [-0.39, 0.29) is 17.1 Å². The number of benzene rings is 3. The fraction of sp³-hybridized carbons (Fsp3) is 0.296. The molecule has 5 rings (SSSR count). The summed E-state index contributed by atoms with van der Waals surface area (Å²) in [5, 5.41) is 3.61. The zero-order valence-corrected chi connectivity index (χ0v) is 19.1. The highest BCUT2D eigenvalue weighted by molar-refractivity contribution is 5.79. The van der Waals surface area contributed by atoms with Crippen LogP contribution in [0.15, 0.2) is 72.8 Å². The minimum absolute atomic E-state index is 0. The van der Waals surface area contributed by atoms with Gasteiger partial charge in [-0.05, 0) is 54.7 Å². The topological polar surface area (TPSA) is 64.6 Å². The Morgan fingerprint density at radius 3 is 2.29 bits per heavy atom. The summed E-state index contributed by atoms with van der Waals surface area (Å²) in [6.07, 6.45) is 3.13. The maximum absolute atomic E-state index is 13.8. The molecule has 4 aromatic rings. The van der Waals surface area contributed by atoms with Crippen LogP contribution in [0.5, 0.6) is 0 Å². The fourth-order valence-corrected chi connectivity index (χ4v) is 4.56. The first-order valence-corrected chi connectivity index (χ1v) is 11.6. The maximum atomic E-state index is 13.8. The summed E-state index contributed by atoms with van der Waals surface area (Å²) in [5.41, 5.74) is 3.83. The molecule has 7 heteroatoms. The zero-order chi connectivity index (χ0) is 22.6. The number of aromatic nitrogens is 2. The summed E-state index contributed by atoms with van der Waals surface area (Å²) in [5.74, 6) is 0.184. The largest absolute Gasteiger partial charge is 0.412 e. The van der Waals surface area contributed by atoms with E-state index in [0.717, 1.165) is 55.9 Å². The molecule has 1 aromatic heterocycles. The summed E-state index contributed by atoms with van der Waals surface area (Å²) >= 11 is 0. The lowest BCUT2D eigenvalue weighted by molar-refractivity contribution is 0.221. The number of halogens is 2. The number of likely N-dealkylation sites (tertiary alicyclic amines) is 1. The van der Waals surface area contributed by atoms with Gasteiger partial charge in [0.15, 0.2) is 0 Å². The van der Waals surface area contributed by atoms with Gasteiger partial charge in [-0.2, -0.15) is 0 Å². The molecule has 0 saturated carbocycles. The van der Waals surface area contributed by atoms with Gasteiger partial charge >= 0.3 is 0 Å². The molecule has 0 amide bonds. The predicted octanol–water partition coefficient (Wildman–Crippen LogP) is 4.66. The van der Waals surface area contributed by atoms with Crippen LogP contribution in [0.3, 0.4) is 0 Å². The molecule has 0 aliphatic carbocycles. The Labute approximate surface area is 198 Å². The number of imidazole rings is 1. The van der Waals surface area contributed by atoms with Gasteiger partial charge in [0.25, 0.3) is 0 Å². The second kappa shape index (κ2) is 10.8. The van der Waals surface area contributed by atoms with E-state index in [0.29, 0.717) is 18.1 Å². The number of nitrogens with zero attached hydrogens (tertiary/aromatic N) is 3. The summed E-state index contributed by atoms with van der Waals surface area (Å²) in [6, 6.07) is 22.1. The first-order valence-electron chi connectivity index (χ1n) is 11.6. The molecule has 3 N–H and O–H groups in total. The van der Waals surface area contributed by atoms with Crippen LogP contribution >= 0.6 is 0 Å². The second-order valence-electron chi connectivity index (χ2n) is 8.78. The normalized spacial score (nSPS) is 14.8. The van der Waals surface area contributed by atoms with E-state index in [1.165, 1.54) is 29.8 Å². The Morgan fingerprint density at radius 1 is 0.853 bits per heavy atom. The molecule has 5 nitrogen and oxygen atoms in total. The van der Waals surface area contributed by atoms with Crippen molar-refractivity contribution < 1.29 is 14.3 Å². The molecular weight excluding hydrogens is 434 g/mol. The highest BCUT2D eigenvalue weighted by Crippen LogP contribution is 2.25. The van der Waals surface area contributed by atoms with Gasteiger partial charge in [0.05, 0.1) is 17.6 Å². The molecule has 2 heterocycles. The number of rotatable bonds is 7. The van der Waals surface area contributed by atoms with Gasteiger partial charge in [0.1, 0.15) is 11.6 Å². The van der Waals surface area contributed by atoms with Crippen molar-refractivity contribution in [3.05, 3.63) is 95.6 Å². The fourth-order valence-electron chi connectivity index (χ4n) is 4.56. The quantitative estimate of drug-likeness (QED) is 0.433. The van der Waals surface area contributed by atoms with Crippen molar-refractivity contribution in [3.8, 4) is 0 Å². The molecule has 1 aliphatic heterocycles. The van der Waals surface area contributed by atoms with Crippen LogP contribution in [0, 0.1) is 11.6 Å². The molecule has 0 spiro atoms. The van der Waals surface area contributed by atoms with E-state index >= 15 is 0 Å². The first-order chi connectivity index (χ1) is 16.1. The predicted molar refractivity (Wildman–Crippen MR) is 132 cm³/mol. The van der Waals surface area contributed by atoms with Gasteiger partial charge in [0.2, 0.25) is 5.95 Å². The van der Waals surface area contributed by atoms with Gasteiger partial charge in [-0.1, -0.05) is 42.5 Å². The van der Waals surface area contributed by atoms with Gasteiger partial charge < -0.3 is 20.3 Å². The van der Waals surface area contributed by atoms with Crippen molar-refractivity contribution in [1.29, 1.82) is 0 Å². The van der Waals surface area contributed by atoms with Crippen molar-refractivity contribution in [2.75, 3.05) is 25.0 Å². The molecular formula is C27H30F2N4O. The summed E-state index contributed by atoms with van der Waals surface area (Å²) in [7, 11) is 0. The standard InChI is InChI=1S/C27H28F2N4.H2O/c28-22-8-6-21(7-9-22)19-33-26-11-10-23(29)18-25(26)31-27(33)30-24-13-16-32(17-14-24)15-12-20-4-2-1-3-5-20;/h1-11,18,24H,12-17,19H2,(H,30,31);1H2. The van der Waals surface area contributed by atoms with E-state index < -0.39 is 0 Å². The molecule has 3 aromatic carbocycles. The van der Waals surface area contributed by atoms with Crippen LogP contribution in [0.25, 0.3) is 11.0 Å². The Bertz CT molecular complexity index is 1200. The number of nitrogens with one attached hydrogen (secondary N) is 1. The smallest absolute Gasteiger partial charge is 0.204 e. The number of hydrogen-bond acceptors (Lipinski definition) is 3. The number of anilines is 1.